The SMILES string of the molecule is C[C@H](NC1CCCOc2cc(Br)ccc21)c1cccnc1. The molecular weight excluding hydrogens is 328 g/mol. The van der Waals surface area contributed by atoms with E-state index in [0.29, 0.717) is 6.04 Å². The van der Waals surface area contributed by atoms with Crippen molar-refractivity contribution in [3.05, 3.63) is 58.3 Å². The number of halogens is 1. The molecule has 1 aromatic heterocycles. The lowest BCUT2D eigenvalue weighted by atomic mass is 10.00. The maximum atomic E-state index is 5.86. The molecule has 1 aromatic carbocycles. The summed E-state index contributed by atoms with van der Waals surface area (Å²) in [6.07, 6.45) is 5.87. The number of nitrogens with zero attached hydrogens (tertiary/aromatic N) is 1. The Morgan fingerprint density at radius 1 is 1.38 bits per heavy atom. The van der Waals surface area contributed by atoms with E-state index in [1.165, 1.54) is 11.1 Å². The summed E-state index contributed by atoms with van der Waals surface area (Å²) in [5.74, 6) is 0.984. The molecule has 0 fully saturated rings. The minimum absolute atomic E-state index is 0.262. The number of hydrogen-bond donors (Lipinski definition) is 1. The lowest BCUT2D eigenvalue weighted by Gasteiger charge is -2.23. The fourth-order valence-electron chi connectivity index (χ4n) is 2.75. The molecule has 2 heterocycles. The Labute approximate surface area is 133 Å². The second-order valence-corrected chi connectivity index (χ2v) is 6.32. The van der Waals surface area contributed by atoms with Crippen LogP contribution in [0.25, 0.3) is 0 Å². The lowest BCUT2D eigenvalue weighted by Crippen LogP contribution is -2.24. The highest BCUT2D eigenvalue weighted by atomic mass is 79.9. The molecule has 21 heavy (non-hydrogen) atoms. The topological polar surface area (TPSA) is 34.1 Å². The first kappa shape index (κ1) is 14.5. The molecule has 1 aliphatic rings. The second-order valence-electron chi connectivity index (χ2n) is 5.40. The predicted molar refractivity (Wildman–Crippen MR) is 87.4 cm³/mol. The van der Waals surface area contributed by atoms with Gasteiger partial charge in [0.25, 0.3) is 0 Å². The van der Waals surface area contributed by atoms with Crippen LogP contribution in [-0.2, 0) is 0 Å². The standard InChI is InChI=1S/C17H19BrN2O/c1-12(13-4-2-8-19-11-13)20-16-5-3-9-21-17-10-14(18)6-7-15(16)17/h2,4,6-8,10-12,16,20H,3,5,9H2,1H3/t12-,16?/m0/s1. The highest BCUT2D eigenvalue weighted by Crippen LogP contribution is 2.35. The van der Waals surface area contributed by atoms with Gasteiger partial charge >= 0.3 is 0 Å². The van der Waals surface area contributed by atoms with Crippen molar-refractivity contribution in [1.82, 2.24) is 10.3 Å². The van der Waals surface area contributed by atoms with Crippen LogP contribution in [-0.4, -0.2) is 11.6 Å². The summed E-state index contributed by atoms with van der Waals surface area (Å²) < 4.78 is 6.92. The van der Waals surface area contributed by atoms with Crippen LogP contribution in [0.4, 0.5) is 0 Å². The number of pyridine rings is 1. The smallest absolute Gasteiger partial charge is 0.125 e. The quantitative estimate of drug-likeness (QED) is 0.893. The van der Waals surface area contributed by atoms with Gasteiger partial charge in [-0.1, -0.05) is 28.1 Å². The van der Waals surface area contributed by atoms with Crippen molar-refractivity contribution in [3.8, 4) is 5.75 Å². The van der Waals surface area contributed by atoms with Crippen molar-refractivity contribution in [1.29, 1.82) is 0 Å². The number of hydrogen-bond acceptors (Lipinski definition) is 3. The Bertz CT molecular complexity index is 603. The molecule has 0 spiro atoms. The number of ether oxygens (including phenoxy) is 1. The molecule has 1 N–H and O–H groups in total. The van der Waals surface area contributed by atoms with Gasteiger partial charge in [0.2, 0.25) is 0 Å². The van der Waals surface area contributed by atoms with Crippen LogP contribution in [0.1, 0.15) is 43.0 Å². The predicted octanol–water partition coefficient (Wildman–Crippen LogP) is 4.41. The second kappa shape index (κ2) is 6.58. The summed E-state index contributed by atoms with van der Waals surface area (Å²) in [6, 6.07) is 11.0. The third-order valence-electron chi connectivity index (χ3n) is 3.88. The maximum absolute atomic E-state index is 5.86. The van der Waals surface area contributed by atoms with Crippen molar-refractivity contribution < 1.29 is 4.74 Å². The van der Waals surface area contributed by atoms with E-state index in [4.69, 9.17) is 4.74 Å². The summed E-state index contributed by atoms with van der Waals surface area (Å²) >= 11 is 3.51. The molecule has 1 unspecified atom stereocenters. The largest absolute Gasteiger partial charge is 0.493 e. The van der Waals surface area contributed by atoms with Gasteiger partial charge in [-0.05, 0) is 43.5 Å². The summed E-state index contributed by atoms with van der Waals surface area (Å²) in [4.78, 5) is 4.20. The van der Waals surface area contributed by atoms with E-state index in [1.54, 1.807) is 0 Å². The first-order valence-electron chi connectivity index (χ1n) is 7.32. The van der Waals surface area contributed by atoms with Crippen LogP contribution in [0.15, 0.2) is 47.2 Å². The van der Waals surface area contributed by atoms with E-state index in [1.807, 2.05) is 18.5 Å². The van der Waals surface area contributed by atoms with Crippen LogP contribution in [0.2, 0.25) is 0 Å². The Balaban J connectivity index is 1.82. The van der Waals surface area contributed by atoms with Gasteiger partial charge in [0, 0.05) is 34.5 Å². The molecule has 4 heteroatoms. The molecular formula is C17H19BrN2O. The molecule has 0 aliphatic carbocycles. The molecule has 0 saturated heterocycles. The van der Waals surface area contributed by atoms with Gasteiger partial charge in [0.1, 0.15) is 5.75 Å². The minimum atomic E-state index is 0.262. The number of benzene rings is 1. The monoisotopic (exact) mass is 346 g/mol. The highest BCUT2D eigenvalue weighted by Gasteiger charge is 2.21. The maximum Gasteiger partial charge on any atom is 0.125 e. The number of rotatable bonds is 3. The Morgan fingerprint density at radius 3 is 3.10 bits per heavy atom. The Hall–Kier alpha value is -1.39. The Kier molecular flexibility index (Phi) is 4.56. The van der Waals surface area contributed by atoms with Gasteiger partial charge in [0.15, 0.2) is 0 Å². The molecule has 2 aromatic rings. The fourth-order valence-corrected chi connectivity index (χ4v) is 3.09. The van der Waals surface area contributed by atoms with Crippen molar-refractivity contribution >= 4 is 15.9 Å². The first-order chi connectivity index (χ1) is 10.2. The highest BCUT2D eigenvalue weighted by molar-refractivity contribution is 9.10. The van der Waals surface area contributed by atoms with E-state index in [0.717, 1.165) is 29.7 Å². The van der Waals surface area contributed by atoms with Gasteiger partial charge in [-0.3, -0.25) is 4.98 Å². The van der Waals surface area contributed by atoms with E-state index < -0.39 is 0 Å². The van der Waals surface area contributed by atoms with Crippen molar-refractivity contribution in [3.63, 3.8) is 0 Å². The Morgan fingerprint density at radius 2 is 2.29 bits per heavy atom. The fraction of sp³-hybridized carbons (Fsp3) is 0.353. The molecule has 0 bridgehead atoms. The van der Waals surface area contributed by atoms with Crippen molar-refractivity contribution in [2.24, 2.45) is 0 Å². The average Bonchev–Trinajstić information content (AvgIpc) is 2.70. The summed E-state index contributed by atoms with van der Waals surface area (Å²) in [7, 11) is 0. The van der Waals surface area contributed by atoms with Crippen LogP contribution < -0.4 is 10.1 Å². The molecule has 0 radical (unpaired) electrons. The zero-order chi connectivity index (χ0) is 14.7. The summed E-state index contributed by atoms with van der Waals surface area (Å²) in [5.41, 5.74) is 2.45. The minimum Gasteiger partial charge on any atom is -0.493 e. The van der Waals surface area contributed by atoms with Crippen LogP contribution in [0, 0.1) is 0 Å². The van der Waals surface area contributed by atoms with Crippen LogP contribution in [0.5, 0.6) is 5.75 Å². The summed E-state index contributed by atoms with van der Waals surface area (Å²) in [5, 5.41) is 3.72. The molecule has 110 valence electrons. The van der Waals surface area contributed by atoms with E-state index >= 15 is 0 Å². The van der Waals surface area contributed by atoms with Crippen molar-refractivity contribution in [2.75, 3.05) is 6.61 Å². The van der Waals surface area contributed by atoms with Gasteiger partial charge in [-0.2, -0.15) is 0 Å². The lowest BCUT2D eigenvalue weighted by molar-refractivity contribution is 0.314. The van der Waals surface area contributed by atoms with Gasteiger partial charge in [-0.15, -0.1) is 0 Å². The molecule has 1 aliphatic heterocycles. The molecule has 3 nitrogen and oxygen atoms in total. The third-order valence-corrected chi connectivity index (χ3v) is 4.37. The molecule has 2 atom stereocenters. The zero-order valence-corrected chi connectivity index (χ0v) is 13.6. The number of aromatic nitrogens is 1. The average molecular weight is 347 g/mol. The van der Waals surface area contributed by atoms with Gasteiger partial charge in [0.05, 0.1) is 6.61 Å². The summed E-state index contributed by atoms with van der Waals surface area (Å²) in [6.45, 7) is 2.96. The van der Waals surface area contributed by atoms with Gasteiger partial charge < -0.3 is 10.1 Å². The number of nitrogens with one attached hydrogen (secondary N) is 1. The first-order valence-corrected chi connectivity index (χ1v) is 8.11. The molecule has 0 saturated carbocycles. The normalized spacial score (nSPS) is 19.2. The van der Waals surface area contributed by atoms with Crippen molar-refractivity contribution in [2.45, 2.75) is 31.8 Å². The molecule has 0 amide bonds. The third kappa shape index (κ3) is 3.44. The molecule has 3 rings (SSSR count). The zero-order valence-electron chi connectivity index (χ0n) is 12.1. The van der Waals surface area contributed by atoms with E-state index in [9.17, 15) is 0 Å². The van der Waals surface area contributed by atoms with Gasteiger partial charge in [-0.25, -0.2) is 0 Å². The van der Waals surface area contributed by atoms with Crippen LogP contribution in [0.3, 0.4) is 0 Å². The van der Waals surface area contributed by atoms with E-state index in [-0.39, 0.29) is 6.04 Å². The number of fused-ring (bicyclic) bond motifs is 1. The van der Waals surface area contributed by atoms with Crippen LogP contribution >= 0.6 is 15.9 Å². The van der Waals surface area contributed by atoms with E-state index in [2.05, 4.69) is 57.4 Å².